The van der Waals surface area contributed by atoms with Crippen molar-refractivity contribution in [2.24, 2.45) is 0 Å². The van der Waals surface area contributed by atoms with E-state index in [-0.39, 0.29) is 6.16 Å². The zero-order valence-electron chi connectivity index (χ0n) is 5.29. The lowest BCUT2D eigenvalue weighted by Gasteiger charge is -2.00. The molecule has 0 aromatic rings. The molecule has 0 aliphatic carbocycles. The summed E-state index contributed by atoms with van der Waals surface area (Å²) in [6.07, 6.45) is 2.13. The summed E-state index contributed by atoms with van der Waals surface area (Å²) in [5, 5.41) is 0. The Labute approximate surface area is 55.3 Å². The van der Waals surface area contributed by atoms with Crippen LogP contribution in [0.5, 0.6) is 0 Å². The first-order valence-corrected chi connectivity index (χ1v) is 4.70. The fraction of sp³-hybridized carbons (Fsp3) is 0.800. The maximum Gasteiger partial charge on any atom is 0.325 e. The summed E-state index contributed by atoms with van der Waals surface area (Å²) in [6, 6.07) is 0. The van der Waals surface area contributed by atoms with Crippen LogP contribution in [-0.2, 0) is 4.57 Å². The van der Waals surface area contributed by atoms with E-state index in [1.54, 1.807) is 0 Å². The minimum absolute atomic E-state index is 0.00250. The summed E-state index contributed by atoms with van der Waals surface area (Å²) >= 11 is 0. The summed E-state index contributed by atoms with van der Waals surface area (Å²) in [4.78, 5) is 16.7. The van der Waals surface area contributed by atoms with E-state index < -0.39 is 7.60 Å². The zero-order chi connectivity index (χ0) is 7.33. The largest absolute Gasteiger partial charge is 0.325 e. The smallest absolute Gasteiger partial charge is 0.324 e. The Balaban J connectivity index is 3.18. The van der Waals surface area contributed by atoms with Gasteiger partial charge in [0.15, 0.2) is 0 Å². The van der Waals surface area contributed by atoms with Gasteiger partial charge in [-0.15, -0.1) is 0 Å². The summed E-state index contributed by atoms with van der Waals surface area (Å²) in [6.45, 7) is 3.55. The van der Waals surface area contributed by atoms with Crippen LogP contribution in [0.4, 0.5) is 0 Å². The van der Waals surface area contributed by atoms with Crippen LogP contribution in [0.15, 0.2) is 0 Å². The molecule has 0 atom stereocenters. The number of hydrogen-bond acceptors (Lipinski definition) is 1. The standard InChI is InChI=1S/C5H12O3P/c1-2-3-4-5-9(6,7)8/h1-5H2,(H2,6,7,8). The second-order valence-corrected chi connectivity index (χ2v) is 3.73. The van der Waals surface area contributed by atoms with Gasteiger partial charge < -0.3 is 9.79 Å². The van der Waals surface area contributed by atoms with Crippen molar-refractivity contribution in [3.8, 4) is 0 Å². The van der Waals surface area contributed by atoms with Crippen molar-refractivity contribution in [1.82, 2.24) is 0 Å². The van der Waals surface area contributed by atoms with Crippen LogP contribution in [0.3, 0.4) is 0 Å². The first-order chi connectivity index (χ1) is 4.06. The Hall–Kier alpha value is 0.150. The molecule has 9 heavy (non-hydrogen) atoms. The van der Waals surface area contributed by atoms with Gasteiger partial charge in [-0.3, -0.25) is 4.57 Å². The molecule has 0 unspecified atom stereocenters. The fourth-order valence-corrected chi connectivity index (χ4v) is 1.13. The highest BCUT2D eigenvalue weighted by molar-refractivity contribution is 7.51. The van der Waals surface area contributed by atoms with E-state index >= 15 is 0 Å². The van der Waals surface area contributed by atoms with Gasteiger partial charge >= 0.3 is 7.60 Å². The molecule has 0 spiro atoms. The number of unbranched alkanes of at least 4 members (excludes halogenated alkanes) is 2. The molecule has 0 aromatic heterocycles. The van der Waals surface area contributed by atoms with Crippen molar-refractivity contribution in [2.75, 3.05) is 6.16 Å². The van der Waals surface area contributed by atoms with Gasteiger partial charge in [0.25, 0.3) is 0 Å². The predicted octanol–water partition coefficient (Wildman–Crippen LogP) is 1.17. The molecule has 0 fully saturated rings. The van der Waals surface area contributed by atoms with Crippen LogP contribution < -0.4 is 0 Å². The van der Waals surface area contributed by atoms with Gasteiger partial charge in [0.2, 0.25) is 0 Å². The number of hydrogen-bond donors (Lipinski definition) is 2. The molecule has 0 aliphatic heterocycles. The molecule has 0 amide bonds. The normalized spacial score (nSPS) is 11.9. The van der Waals surface area contributed by atoms with E-state index in [1.807, 2.05) is 0 Å². The third-order valence-electron chi connectivity index (χ3n) is 0.949. The Bertz CT molecular complexity index is 107. The lowest BCUT2D eigenvalue weighted by molar-refractivity contribution is 0.371. The molecule has 1 radical (unpaired) electrons. The summed E-state index contributed by atoms with van der Waals surface area (Å²) < 4.78 is 10.2. The maximum atomic E-state index is 10.2. The first kappa shape index (κ1) is 9.15. The van der Waals surface area contributed by atoms with Gasteiger partial charge in [0.1, 0.15) is 0 Å². The molecule has 0 saturated heterocycles. The number of rotatable bonds is 4. The Kier molecular flexibility index (Phi) is 4.11. The van der Waals surface area contributed by atoms with E-state index in [2.05, 4.69) is 6.92 Å². The third kappa shape index (κ3) is 8.15. The Morgan fingerprint density at radius 2 is 1.89 bits per heavy atom. The average molecular weight is 151 g/mol. The fourth-order valence-electron chi connectivity index (χ4n) is 0.495. The lowest BCUT2D eigenvalue weighted by Crippen LogP contribution is -1.86. The van der Waals surface area contributed by atoms with Crippen LogP contribution in [0.1, 0.15) is 19.3 Å². The lowest BCUT2D eigenvalue weighted by atomic mass is 10.3. The average Bonchev–Trinajstić information content (AvgIpc) is 1.63. The monoisotopic (exact) mass is 151 g/mol. The molecule has 4 heteroatoms. The van der Waals surface area contributed by atoms with Crippen molar-refractivity contribution in [2.45, 2.75) is 19.3 Å². The second-order valence-electron chi connectivity index (χ2n) is 1.95. The van der Waals surface area contributed by atoms with Crippen molar-refractivity contribution in [3.05, 3.63) is 6.92 Å². The topological polar surface area (TPSA) is 57.5 Å². The molecule has 0 aromatic carbocycles. The summed E-state index contributed by atoms with van der Waals surface area (Å²) in [5.74, 6) is 0. The predicted molar refractivity (Wildman–Crippen MR) is 36.1 cm³/mol. The minimum atomic E-state index is -3.72. The van der Waals surface area contributed by atoms with Crippen molar-refractivity contribution >= 4 is 7.60 Å². The summed E-state index contributed by atoms with van der Waals surface area (Å²) in [5.41, 5.74) is 0. The van der Waals surface area contributed by atoms with Crippen LogP contribution in [0.25, 0.3) is 0 Å². The highest BCUT2D eigenvalue weighted by Gasteiger charge is 2.10. The van der Waals surface area contributed by atoms with E-state index in [1.165, 1.54) is 0 Å². The molecule has 2 N–H and O–H groups in total. The molecule has 0 heterocycles. The Morgan fingerprint density at radius 1 is 1.33 bits per heavy atom. The van der Waals surface area contributed by atoms with Crippen molar-refractivity contribution < 1.29 is 14.4 Å². The molecular formula is C5H12O3P. The van der Waals surface area contributed by atoms with Gasteiger partial charge in [-0.2, -0.15) is 0 Å². The highest BCUT2D eigenvalue weighted by Crippen LogP contribution is 2.35. The molecule has 0 saturated carbocycles. The minimum Gasteiger partial charge on any atom is -0.324 e. The summed E-state index contributed by atoms with van der Waals surface area (Å²) in [7, 11) is -3.72. The van der Waals surface area contributed by atoms with Crippen LogP contribution >= 0.6 is 7.60 Å². The van der Waals surface area contributed by atoms with Gasteiger partial charge in [-0.05, 0) is 6.42 Å². The highest BCUT2D eigenvalue weighted by atomic mass is 31.2. The van der Waals surface area contributed by atoms with Gasteiger partial charge in [-0.1, -0.05) is 19.8 Å². The van der Waals surface area contributed by atoms with E-state index in [0.717, 1.165) is 12.8 Å². The zero-order valence-corrected chi connectivity index (χ0v) is 6.18. The Morgan fingerprint density at radius 3 is 2.22 bits per heavy atom. The van der Waals surface area contributed by atoms with E-state index in [9.17, 15) is 4.57 Å². The molecule has 0 bridgehead atoms. The first-order valence-electron chi connectivity index (χ1n) is 2.90. The van der Waals surface area contributed by atoms with Crippen LogP contribution in [-0.4, -0.2) is 15.9 Å². The van der Waals surface area contributed by atoms with Gasteiger partial charge in [0, 0.05) is 6.16 Å². The second kappa shape index (κ2) is 4.04. The molecule has 0 aliphatic rings. The van der Waals surface area contributed by atoms with Crippen LogP contribution in [0, 0.1) is 6.92 Å². The molecular weight excluding hydrogens is 139 g/mol. The molecule has 3 nitrogen and oxygen atoms in total. The SMILES string of the molecule is [CH2]CCCCP(=O)(O)O. The molecule has 0 rings (SSSR count). The maximum absolute atomic E-state index is 10.2. The van der Waals surface area contributed by atoms with Gasteiger partial charge in [0.05, 0.1) is 0 Å². The van der Waals surface area contributed by atoms with Gasteiger partial charge in [-0.25, -0.2) is 0 Å². The van der Waals surface area contributed by atoms with E-state index in [4.69, 9.17) is 9.79 Å². The molecule has 55 valence electrons. The quantitative estimate of drug-likeness (QED) is 0.468. The third-order valence-corrected chi connectivity index (χ3v) is 1.85. The van der Waals surface area contributed by atoms with Crippen LogP contribution in [0.2, 0.25) is 0 Å². The van der Waals surface area contributed by atoms with E-state index in [0.29, 0.717) is 6.42 Å². The van der Waals surface area contributed by atoms with Crippen molar-refractivity contribution in [1.29, 1.82) is 0 Å². The van der Waals surface area contributed by atoms with Crippen molar-refractivity contribution in [3.63, 3.8) is 0 Å².